The lowest BCUT2D eigenvalue weighted by Crippen LogP contribution is -2.34. The minimum absolute atomic E-state index is 0.000756. The number of likely N-dealkylation sites (N-methyl/N-ethyl adjacent to an activating group) is 1. The van der Waals surface area contributed by atoms with Gasteiger partial charge < -0.3 is 15.2 Å². The average Bonchev–Trinajstić information content (AvgIpc) is 2.69. The highest BCUT2D eigenvalue weighted by Gasteiger charge is 2.17. The van der Waals surface area contributed by atoms with Crippen molar-refractivity contribution in [2.75, 3.05) is 19.5 Å². The molecular weight excluding hydrogens is 392 g/mol. The number of carbonyl (C=O) groups excluding carboxylic acids is 1. The fraction of sp³-hybridized carbons (Fsp3) is 0.286. The highest BCUT2D eigenvalue weighted by atomic mass is 35.5. The van der Waals surface area contributed by atoms with Gasteiger partial charge in [-0.05, 0) is 44.7 Å². The Kier molecular flexibility index (Phi) is 6.20. The van der Waals surface area contributed by atoms with E-state index in [1.165, 1.54) is 13.4 Å². The second-order valence-electron chi connectivity index (χ2n) is 6.89. The fourth-order valence-electron chi connectivity index (χ4n) is 2.98. The molecule has 0 aliphatic heterocycles. The number of carbonyl (C=O) groups is 1. The second-order valence-corrected chi connectivity index (χ2v) is 7.33. The monoisotopic (exact) mass is 414 g/mol. The highest BCUT2D eigenvalue weighted by molar-refractivity contribution is 6.30. The molecule has 0 amide bonds. The summed E-state index contributed by atoms with van der Waals surface area (Å²) in [5.41, 5.74) is 2.34. The first-order valence-corrected chi connectivity index (χ1v) is 9.45. The van der Waals surface area contributed by atoms with Crippen LogP contribution >= 0.6 is 11.6 Å². The summed E-state index contributed by atoms with van der Waals surface area (Å²) in [6.45, 7) is 4.00. The summed E-state index contributed by atoms with van der Waals surface area (Å²) >= 11 is 6.22. The average molecular weight is 415 g/mol. The number of nitrogens with zero attached hydrogens (tertiary/aromatic N) is 3. The highest BCUT2D eigenvalue weighted by Crippen LogP contribution is 2.34. The fourth-order valence-corrected chi connectivity index (χ4v) is 3.15. The quantitative estimate of drug-likeness (QED) is 0.600. The molecule has 2 N–H and O–H groups in total. The maximum Gasteiger partial charge on any atom is 0.162 e. The van der Waals surface area contributed by atoms with Crippen molar-refractivity contribution in [2.24, 2.45) is 0 Å². The first-order chi connectivity index (χ1) is 13.8. The van der Waals surface area contributed by atoms with Gasteiger partial charge in [-0.3, -0.25) is 9.69 Å². The number of halogens is 1. The lowest BCUT2D eigenvalue weighted by atomic mass is 10.1. The number of benzene rings is 2. The van der Waals surface area contributed by atoms with Crippen LogP contribution in [0.15, 0.2) is 36.7 Å². The van der Waals surface area contributed by atoms with Crippen molar-refractivity contribution in [1.82, 2.24) is 14.9 Å². The summed E-state index contributed by atoms with van der Waals surface area (Å²) in [4.78, 5) is 22.2. The predicted molar refractivity (Wildman–Crippen MR) is 114 cm³/mol. The number of hydrogen-bond acceptors (Lipinski definition) is 7. The van der Waals surface area contributed by atoms with Crippen molar-refractivity contribution in [1.29, 1.82) is 0 Å². The van der Waals surface area contributed by atoms with Crippen molar-refractivity contribution in [3.05, 3.63) is 47.2 Å². The molecule has 3 rings (SSSR count). The van der Waals surface area contributed by atoms with Crippen LogP contribution in [0, 0.1) is 0 Å². The van der Waals surface area contributed by atoms with E-state index in [0.717, 1.165) is 11.3 Å². The van der Waals surface area contributed by atoms with Gasteiger partial charge in [0.15, 0.2) is 11.5 Å². The zero-order valence-electron chi connectivity index (χ0n) is 16.7. The third-order valence-corrected chi connectivity index (χ3v) is 5.17. The molecule has 0 bridgehead atoms. The maximum atomic E-state index is 11.7. The number of methoxy groups -OCH3 is 1. The molecule has 0 saturated heterocycles. The summed E-state index contributed by atoms with van der Waals surface area (Å²) in [6.07, 6.45) is 1.44. The van der Waals surface area contributed by atoms with Gasteiger partial charge in [-0.15, -0.1) is 0 Å². The zero-order chi connectivity index (χ0) is 21.1. The van der Waals surface area contributed by atoms with Crippen molar-refractivity contribution in [3.63, 3.8) is 0 Å². The molecule has 7 nitrogen and oxygen atoms in total. The normalized spacial score (nSPS) is 12.2. The number of Topliss-reactive ketones (excluding diaryl/α,β-unsaturated/α-hetero) is 1. The van der Waals surface area contributed by atoms with E-state index in [1.807, 2.05) is 31.0 Å². The van der Waals surface area contributed by atoms with E-state index in [-0.39, 0.29) is 17.6 Å². The van der Waals surface area contributed by atoms with Crippen LogP contribution in [0.1, 0.15) is 19.4 Å². The van der Waals surface area contributed by atoms with Gasteiger partial charge >= 0.3 is 0 Å². The number of nitrogens with one attached hydrogen (secondary N) is 1. The molecule has 152 valence electrons. The smallest absolute Gasteiger partial charge is 0.162 e. The molecule has 0 aliphatic carbocycles. The van der Waals surface area contributed by atoms with Crippen LogP contribution in [-0.2, 0) is 11.3 Å². The van der Waals surface area contributed by atoms with Gasteiger partial charge in [0.05, 0.1) is 18.7 Å². The Bertz CT molecular complexity index is 1060. The van der Waals surface area contributed by atoms with Crippen LogP contribution in [0.3, 0.4) is 0 Å². The third-order valence-electron chi connectivity index (χ3n) is 4.93. The topological polar surface area (TPSA) is 87.6 Å². The number of aromatic hydroxyl groups is 1. The van der Waals surface area contributed by atoms with Crippen molar-refractivity contribution in [3.8, 4) is 11.5 Å². The van der Waals surface area contributed by atoms with Gasteiger partial charge in [0, 0.05) is 28.7 Å². The van der Waals surface area contributed by atoms with Crippen molar-refractivity contribution in [2.45, 2.75) is 26.4 Å². The summed E-state index contributed by atoms with van der Waals surface area (Å²) in [5, 5.41) is 14.7. The van der Waals surface area contributed by atoms with E-state index in [1.54, 1.807) is 25.1 Å². The van der Waals surface area contributed by atoms with Gasteiger partial charge in [0.1, 0.15) is 17.9 Å². The molecule has 0 radical (unpaired) electrons. The molecule has 1 unspecified atom stereocenters. The number of ether oxygens (including phenoxy) is 1. The summed E-state index contributed by atoms with van der Waals surface area (Å²) < 4.78 is 5.15. The van der Waals surface area contributed by atoms with Crippen LogP contribution in [0.25, 0.3) is 10.9 Å². The molecule has 0 fully saturated rings. The van der Waals surface area contributed by atoms with Crippen molar-refractivity contribution >= 4 is 39.8 Å². The summed E-state index contributed by atoms with van der Waals surface area (Å²) in [6, 6.07) is 8.54. The van der Waals surface area contributed by atoms with Crippen LogP contribution < -0.4 is 10.1 Å². The Balaban J connectivity index is 1.99. The number of aromatic nitrogens is 2. The molecule has 3 aromatic rings. The van der Waals surface area contributed by atoms with E-state index in [9.17, 15) is 9.90 Å². The zero-order valence-corrected chi connectivity index (χ0v) is 17.5. The first kappa shape index (κ1) is 20.8. The first-order valence-electron chi connectivity index (χ1n) is 9.08. The molecule has 1 heterocycles. The third kappa shape index (κ3) is 4.58. The molecule has 0 saturated carbocycles. The van der Waals surface area contributed by atoms with E-state index in [2.05, 4.69) is 15.3 Å². The van der Waals surface area contributed by atoms with E-state index >= 15 is 0 Å². The number of phenolic OH excluding ortho intramolecular Hbond substituents is 1. The lowest BCUT2D eigenvalue weighted by Gasteiger charge is -2.24. The number of phenols is 1. The van der Waals surface area contributed by atoms with Crippen LogP contribution in [0.5, 0.6) is 11.5 Å². The Morgan fingerprint density at radius 3 is 2.76 bits per heavy atom. The standard InChI is InChI=1S/C21H23ClN4O3/c1-12(13(2)27)26(3)10-14-5-6-15(22)7-17(14)25-21-16-8-19(28)20(29-4)9-18(16)23-11-24-21/h5-9,11-12,28H,10H2,1-4H3,(H,23,24,25). The number of ketones is 1. The van der Waals surface area contributed by atoms with E-state index < -0.39 is 0 Å². The SMILES string of the molecule is COc1cc2ncnc(Nc3cc(Cl)ccc3CN(C)C(C)C(C)=O)c2cc1O. The van der Waals surface area contributed by atoms with Gasteiger partial charge in [-0.2, -0.15) is 0 Å². The second kappa shape index (κ2) is 8.63. The van der Waals surface area contributed by atoms with Crippen LogP contribution in [0.2, 0.25) is 5.02 Å². The number of fused-ring (bicyclic) bond motifs is 1. The molecule has 29 heavy (non-hydrogen) atoms. The Hall–Kier alpha value is -2.90. The summed E-state index contributed by atoms with van der Waals surface area (Å²) in [5.74, 6) is 0.963. The Morgan fingerprint density at radius 1 is 1.31 bits per heavy atom. The minimum Gasteiger partial charge on any atom is -0.504 e. The van der Waals surface area contributed by atoms with Gasteiger partial charge in [-0.25, -0.2) is 9.97 Å². The maximum absolute atomic E-state index is 11.7. The summed E-state index contributed by atoms with van der Waals surface area (Å²) in [7, 11) is 3.38. The Morgan fingerprint density at radius 2 is 2.07 bits per heavy atom. The molecule has 1 aromatic heterocycles. The molecule has 2 aromatic carbocycles. The molecule has 8 heteroatoms. The number of anilines is 2. The number of rotatable bonds is 7. The van der Waals surface area contributed by atoms with Gasteiger partial charge in [-0.1, -0.05) is 17.7 Å². The largest absolute Gasteiger partial charge is 0.504 e. The molecule has 0 aliphatic rings. The van der Waals surface area contributed by atoms with Crippen LogP contribution in [0.4, 0.5) is 11.5 Å². The van der Waals surface area contributed by atoms with Gasteiger partial charge in [0.25, 0.3) is 0 Å². The lowest BCUT2D eigenvalue weighted by molar-refractivity contribution is -0.121. The number of hydrogen-bond donors (Lipinski definition) is 2. The van der Waals surface area contributed by atoms with Gasteiger partial charge in [0.2, 0.25) is 0 Å². The Labute approximate surface area is 174 Å². The molecule has 0 spiro atoms. The van der Waals surface area contributed by atoms with E-state index in [4.69, 9.17) is 16.3 Å². The van der Waals surface area contributed by atoms with Crippen LogP contribution in [-0.4, -0.2) is 46.0 Å². The predicted octanol–water partition coefficient (Wildman–Crippen LogP) is 4.15. The van der Waals surface area contributed by atoms with Crippen molar-refractivity contribution < 1.29 is 14.6 Å². The molecule has 1 atom stereocenters. The van der Waals surface area contributed by atoms with E-state index in [0.29, 0.717) is 34.0 Å². The molecular formula is C21H23ClN4O3. The minimum atomic E-state index is -0.206.